The molecule has 0 fully saturated rings. The van der Waals surface area contributed by atoms with Gasteiger partial charge in [-0.1, -0.05) is 11.3 Å². The summed E-state index contributed by atoms with van der Waals surface area (Å²) in [5.41, 5.74) is -0.516. The number of aliphatic carboxylic acids is 1. The molecule has 1 aromatic rings. The van der Waals surface area contributed by atoms with Gasteiger partial charge in [-0.25, -0.2) is 8.42 Å². The quantitative estimate of drug-likeness (QED) is 0.841. The highest BCUT2D eigenvalue weighted by Gasteiger charge is 2.36. The Hall–Kier alpha value is -1.19. The minimum Gasteiger partial charge on any atom is -0.481 e. The average molecular weight is 322 g/mol. The van der Waals surface area contributed by atoms with E-state index in [-0.39, 0.29) is 22.9 Å². The zero-order valence-corrected chi connectivity index (χ0v) is 13.4. The summed E-state index contributed by atoms with van der Waals surface area (Å²) in [7, 11) is -3.91. The molecule has 1 rings (SSSR count). The van der Waals surface area contributed by atoms with Crippen molar-refractivity contribution in [2.45, 2.75) is 43.9 Å². The molecule has 20 heavy (non-hydrogen) atoms. The number of aryl methyl sites for hydroxylation is 1. The van der Waals surface area contributed by atoms with Crippen molar-refractivity contribution in [3.05, 3.63) is 15.4 Å². The number of H-pyrrole nitrogens is 1. The fourth-order valence-electron chi connectivity index (χ4n) is 1.75. The third-order valence-electron chi connectivity index (χ3n) is 2.58. The predicted octanol–water partition coefficient (Wildman–Crippen LogP) is 1.01. The second-order valence-electron chi connectivity index (χ2n) is 5.32. The highest BCUT2D eigenvalue weighted by Crippen LogP contribution is 2.27. The van der Waals surface area contributed by atoms with Crippen LogP contribution in [0.15, 0.2) is 9.00 Å². The topological polar surface area (TPSA) is 108 Å². The van der Waals surface area contributed by atoms with Gasteiger partial charge in [0.05, 0.1) is 6.42 Å². The Morgan fingerprint density at radius 2 is 1.95 bits per heavy atom. The van der Waals surface area contributed by atoms with Crippen molar-refractivity contribution >= 4 is 27.3 Å². The second-order valence-corrected chi connectivity index (χ2v) is 8.36. The normalized spacial score (nSPS) is 12.8. The van der Waals surface area contributed by atoms with Crippen molar-refractivity contribution in [3.63, 3.8) is 0 Å². The number of carboxylic acid groups (broad SMARTS) is 1. The Kier molecular flexibility index (Phi) is 4.78. The average Bonchev–Trinajstić information content (AvgIpc) is 2.55. The maximum absolute atomic E-state index is 12.6. The van der Waals surface area contributed by atoms with Crippen LogP contribution in [-0.2, 0) is 14.8 Å². The molecule has 0 saturated heterocycles. The Morgan fingerprint density at radius 1 is 1.40 bits per heavy atom. The molecule has 0 saturated carbocycles. The van der Waals surface area contributed by atoms with Gasteiger partial charge in [0.1, 0.15) is 0 Å². The number of carboxylic acids is 1. The molecule has 0 bridgehead atoms. The molecular formula is C11H18N2O5S2. The molecule has 0 amide bonds. The number of hydrogen-bond donors (Lipinski definition) is 2. The van der Waals surface area contributed by atoms with Gasteiger partial charge in [0.15, 0.2) is 4.21 Å². The molecular weight excluding hydrogens is 304 g/mol. The van der Waals surface area contributed by atoms with Crippen LogP contribution in [0, 0.1) is 6.92 Å². The lowest BCUT2D eigenvalue weighted by Crippen LogP contribution is -2.46. The van der Waals surface area contributed by atoms with Crippen LogP contribution < -0.4 is 4.87 Å². The van der Waals surface area contributed by atoms with Gasteiger partial charge in [-0.2, -0.15) is 4.31 Å². The van der Waals surface area contributed by atoms with E-state index in [0.29, 0.717) is 11.3 Å². The lowest BCUT2D eigenvalue weighted by Gasteiger charge is -2.33. The van der Waals surface area contributed by atoms with Crippen molar-refractivity contribution < 1.29 is 18.3 Å². The third-order valence-corrected chi connectivity index (χ3v) is 6.33. The molecule has 7 nitrogen and oxygen atoms in total. The molecule has 0 aliphatic heterocycles. The number of thiazole rings is 1. The van der Waals surface area contributed by atoms with E-state index in [1.54, 1.807) is 20.8 Å². The minimum absolute atomic E-state index is 0.0668. The summed E-state index contributed by atoms with van der Waals surface area (Å²) < 4.78 is 26.3. The van der Waals surface area contributed by atoms with E-state index in [9.17, 15) is 18.0 Å². The Bertz CT molecular complexity index is 651. The van der Waals surface area contributed by atoms with Crippen molar-refractivity contribution in [3.8, 4) is 0 Å². The van der Waals surface area contributed by atoms with Crippen LogP contribution in [0.4, 0.5) is 0 Å². The molecule has 0 aliphatic carbocycles. The van der Waals surface area contributed by atoms with Gasteiger partial charge < -0.3 is 10.1 Å². The van der Waals surface area contributed by atoms with E-state index in [2.05, 4.69) is 4.98 Å². The Labute approximate surface area is 121 Å². The van der Waals surface area contributed by atoms with Gasteiger partial charge in [0, 0.05) is 17.8 Å². The molecule has 0 aliphatic rings. The summed E-state index contributed by atoms with van der Waals surface area (Å²) in [6, 6.07) is 0. The summed E-state index contributed by atoms with van der Waals surface area (Å²) in [5.74, 6) is -1.08. The second kappa shape index (κ2) is 5.66. The number of nitrogens with zero attached hydrogens (tertiary/aromatic N) is 1. The van der Waals surface area contributed by atoms with Crippen LogP contribution in [0.1, 0.15) is 32.9 Å². The summed E-state index contributed by atoms with van der Waals surface area (Å²) in [4.78, 5) is 23.9. The Balaban J connectivity index is 3.28. The van der Waals surface area contributed by atoms with Crippen molar-refractivity contribution in [2.75, 3.05) is 6.54 Å². The first kappa shape index (κ1) is 16.9. The van der Waals surface area contributed by atoms with E-state index in [1.165, 1.54) is 6.92 Å². The number of hydrogen-bond acceptors (Lipinski definition) is 5. The molecule has 114 valence electrons. The first-order valence-corrected chi connectivity index (χ1v) is 8.16. The molecule has 0 unspecified atom stereocenters. The van der Waals surface area contributed by atoms with Crippen LogP contribution in [0.2, 0.25) is 0 Å². The number of carbonyl (C=O) groups is 1. The zero-order valence-electron chi connectivity index (χ0n) is 11.8. The smallest absolute Gasteiger partial charge is 0.305 e. The number of nitrogens with one attached hydrogen (secondary N) is 1. The van der Waals surface area contributed by atoms with E-state index < -0.39 is 26.4 Å². The molecule has 1 aromatic heterocycles. The summed E-state index contributed by atoms with van der Waals surface area (Å²) in [5, 5.41) is 8.75. The number of rotatable bonds is 5. The maximum Gasteiger partial charge on any atom is 0.305 e. The highest BCUT2D eigenvalue weighted by molar-refractivity contribution is 7.91. The lowest BCUT2D eigenvalue weighted by molar-refractivity contribution is -0.137. The maximum atomic E-state index is 12.6. The summed E-state index contributed by atoms with van der Waals surface area (Å²) >= 11 is 0.612. The fraction of sp³-hybridized carbons (Fsp3) is 0.636. The van der Waals surface area contributed by atoms with E-state index in [4.69, 9.17) is 5.11 Å². The van der Waals surface area contributed by atoms with Gasteiger partial charge in [-0.15, -0.1) is 0 Å². The first-order valence-electron chi connectivity index (χ1n) is 5.90. The highest BCUT2D eigenvalue weighted by atomic mass is 32.2. The van der Waals surface area contributed by atoms with Crippen molar-refractivity contribution in [2.24, 2.45) is 0 Å². The molecule has 0 aromatic carbocycles. The van der Waals surface area contributed by atoms with Gasteiger partial charge in [0.2, 0.25) is 0 Å². The monoisotopic (exact) mass is 322 g/mol. The predicted molar refractivity (Wildman–Crippen MR) is 75.6 cm³/mol. The Morgan fingerprint density at radius 3 is 2.30 bits per heavy atom. The van der Waals surface area contributed by atoms with E-state index in [1.807, 2.05) is 0 Å². The fourth-order valence-corrected chi connectivity index (χ4v) is 4.94. The van der Waals surface area contributed by atoms with E-state index in [0.717, 1.165) is 4.31 Å². The summed E-state index contributed by atoms with van der Waals surface area (Å²) in [6.07, 6.45) is -0.297. The molecule has 0 atom stereocenters. The first-order chi connectivity index (χ1) is 8.96. The van der Waals surface area contributed by atoms with Crippen LogP contribution >= 0.6 is 11.3 Å². The van der Waals surface area contributed by atoms with Gasteiger partial charge in [0.25, 0.3) is 10.0 Å². The van der Waals surface area contributed by atoms with Crippen molar-refractivity contribution in [1.29, 1.82) is 0 Å². The van der Waals surface area contributed by atoms with E-state index >= 15 is 0 Å². The van der Waals surface area contributed by atoms with Crippen LogP contribution in [-0.4, -0.2) is 40.9 Å². The zero-order chi connectivity index (χ0) is 15.7. The van der Waals surface area contributed by atoms with Crippen LogP contribution in [0.25, 0.3) is 0 Å². The molecule has 0 spiro atoms. The summed E-state index contributed by atoms with van der Waals surface area (Å²) in [6.45, 7) is 6.39. The minimum atomic E-state index is -3.91. The SMILES string of the molecule is Cc1[nH]c(=O)sc1S(=O)(=O)N(CCC(=O)O)C(C)(C)C. The van der Waals surface area contributed by atoms with Gasteiger partial charge in [-0.05, 0) is 27.7 Å². The molecule has 9 heteroatoms. The standard InChI is InChI=1S/C11H18N2O5S2/c1-7-9(19-10(16)12-7)20(17,18)13(11(2,3)4)6-5-8(14)15/h5-6H2,1-4H3,(H,12,16)(H,14,15). The lowest BCUT2D eigenvalue weighted by atomic mass is 10.1. The molecule has 0 radical (unpaired) electrons. The van der Waals surface area contributed by atoms with Gasteiger partial charge >= 0.3 is 10.8 Å². The van der Waals surface area contributed by atoms with Crippen molar-refractivity contribution in [1.82, 2.24) is 9.29 Å². The largest absolute Gasteiger partial charge is 0.481 e. The number of sulfonamides is 1. The number of aromatic nitrogens is 1. The van der Waals surface area contributed by atoms with Crippen LogP contribution in [0.3, 0.4) is 0 Å². The van der Waals surface area contributed by atoms with Crippen LogP contribution in [0.5, 0.6) is 0 Å². The third kappa shape index (κ3) is 3.68. The molecule has 2 N–H and O–H groups in total. The van der Waals surface area contributed by atoms with Gasteiger partial charge in [-0.3, -0.25) is 9.59 Å². The number of aromatic amines is 1. The molecule has 1 heterocycles.